The molecule has 0 aliphatic carbocycles. The first-order chi connectivity index (χ1) is 13.2. The maximum Gasteiger partial charge on any atom is 0.259 e. The van der Waals surface area contributed by atoms with Crippen molar-refractivity contribution in [1.29, 1.82) is 0 Å². The monoisotopic (exact) mass is 639 g/mol. The molecule has 8 heteroatoms. The van der Waals surface area contributed by atoms with Gasteiger partial charge in [0.15, 0.2) is 0 Å². The van der Waals surface area contributed by atoms with Gasteiger partial charge in [-0.1, -0.05) is 23.2 Å². The van der Waals surface area contributed by atoms with E-state index in [4.69, 9.17) is 27.9 Å². The summed E-state index contributed by atoms with van der Waals surface area (Å²) in [6.07, 6.45) is 0. The fourth-order valence-electron chi connectivity index (χ4n) is 2.43. The highest BCUT2D eigenvalue weighted by molar-refractivity contribution is 14.1. The Bertz CT molecular complexity index is 1060. The van der Waals surface area contributed by atoms with Crippen molar-refractivity contribution in [2.75, 3.05) is 5.32 Å². The summed E-state index contributed by atoms with van der Waals surface area (Å²) in [6.45, 7) is 1.83. The van der Waals surface area contributed by atoms with E-state index in [1.165, 1.54) is 0 Å². The lowest BCUT2D eigenvalue weighted by Gasteiger charge is -2.14. The van der Waals surface area contributed by atoms with Gasteiger partial charge in [-0.15, -0.1) is 0 Å². The molecule has 0 heterocycles. The van der Waals surface area contributed by atoms with Gasteiger partial charge < -0.3 is 15.2 Å². The van der Waals surface area contributed by atoms with Gasteiger partial charge >= 0.3 is 0 Å². The third kappa shape index (κ3) is 5.03. The van der Waals surface area contributed by atoms with Crippen LogP contribution in [0.15, 0.2) is 48.5 Å². The van der Waals surface area contributed by atoms with Crippen LogP contribution in [0.5, 0.6) is 17.2 Å². The molecule has 0 radical (unpaired) electrons. The molecule has 0 saturated carbocycles. The lowest BCUT2D eigenvalue weighted by Crippen LogP contribution is -2.13. The van der Waals surface area contributed by atoms with Crippen molar-refractivity contribution in [3.63, 3.8) is 0 Å². The number of aryl methyl sites for hydroxylation is 1. The second-order valence-corrected chi connectivity index (χ2v) is 9.14. The molecule has 0 aromatic heterocycles. The summed E-state index contributed by atoms with van der Waals surface area (Å²) in [6, 6.07) is 13.7. The molecule has 0 unspecified atom stereocenters. The van der Waals surface area contributed by atoms with Crippen LogP contribution in [0.25, 0.3) is 0 Å². The standard InChI is InChI=1S/C20H13Cl2I2NO3/c1-10-6-18(28-13-4-2-11(21)3-5-13)15(22)9-17(10)25-20(27)14-7-12(23)8-16(24)19(14)26/h2-9,26H,1H3,(H,25,27). The molecule has 28 heavy (non-hydrogen) atoms. The van der Waals surface area contributed by atoms with E-state index >= 15 is 0 Å². The van der Waals surface area contributed by atoms with Crippen molar-refractivity contribution in [2.24, 2.45) is 0 Å². The number of carbonyl (C=O) groups is 1. The summed E-state index contributed by atoms with van der Waals surface area (Å²) in [5.74, 6) is 0.594. The first-order valence-corrected chi connectivity index (χ1v) is 10.9. The topological polar surface area (TPSA) is 58.6 Å². The number of amides is 1. The average molecular weight is 640 g/mol. The molecule has 3 aromatic rings. The molecule has 4 nitrogen and oxygen atoms in total. The minimum atomic E-state index is -0.417. The second kappa shape index (κ2) is 9.06. The van der Waals surface area contributed by atoms with Crippen LogP contribution in [0.3, 0.4) is 0 Å². The summed E-state index contributed by atoms with van der Waals surface area (Å²) in [5, 5.41) is 13.9. The Morgan fingerprint density at radius 3 is 2.43 bits per heavy atom. The number of carbonyl (C=O) groups excluding carboxylic acids is 1. The van der Waals surface area contributed by atoms with Crippen LogP contribution in [0.4, 0.5) is 5.69 Å². The number of aromatic hydroxyl groups is 1. The number of ether oxygens (including phenoxy) is 1. The minimum absolute atomic E-state index is 0.0510. The summed E-state index contributed by atoms with van der Waals surface area (Å²) >= 11 is 16.3. The van der Waals surface area contributed by atoms with Gasteiger partial charge in [0.25, 0.3) is 5.91 Å². The summed E-state index contributed by atoms with van der Waals surface area (Å²) in [4.78, 5) is 12.6. The number of nitrogens with one attached hydrogen (secondary N) is 1. The quantitative estimate of drug-likeness (QED) is 0.296. The van der Waals surface area contributed by atoms with E-state index in [1.54, 1.807) is 48.5 Å². The fourth-order valence-corrected chi connectivity index (χ4v) is 4.60. The molecule has 3 aromatic carbocycles. The van der Waals surface area contributed by atoms with E-state index in [1.807, 2.05) is 29.5 Å². The number of phenolic OH excluding ortho intramolecular Hbond substituents is 1. The zero-order valence-corrected chi connectivity index (χ0v) is 20.2. The second-order valence-electron chi connectivity index (χ2n) is 5.89. The molecule has 0 aliphatic heterocycles. The van der Waals surface area contributed by atoms with Gasteiger partial charge in [0.2, 0.25) is 0 Å². The smallest absolute Gasteiger partial charge is 0.259 e. The number of anilines is 1. The van der Waals surface area contributed by atoms with Gasteiger partial charge in [-0.3, -0.25) is 4.79 Å². The largest absolute Gasteiger partial charge is 0.506 e. The lowest BCUT2D eigenvalue weighted by atomic mass is 10.1. The summed E-state index contributed by atoms with van der Waals surface area (Å²) in [5.41, 5.74) is 1.50. The number of hydrogen-bond donors (Lipinski definition) is 2. The molecule has 3 rings (SSSR count). The van der Waals surface area contributed by atoms with Crippen molar-refractivity contribution >= 4 is 80.0 Å². The van der Waals surface area contributed by atoms with Gasteiger partial charge in [-0.2, -0.15) is 0 Å². The molecule has 0 bridgehead atoms. The van der Waals surface area contributed by atoms with Gasteiger partial charge in [-0.05, 0) is 106 Å². The third-order valence-electron chi connectivity index (χ3n) is 3.84. The molecule has 2 N–H and O–H groups in total. The van der Waals surface area contributed by atoms with Gasteiger partial charge in [0.05, 0.1) is 14.2 Å². The molecule has 0 spiro atoms. The summed E-state index contributed by atoms with van der Waals surface area (Å²) in [7, 11) is 0. The van der Waals surface area contributed by atoms with Crippen LogP contribution in [-0.4, -0.2) is 11.0 Å². The van der Waals surface area contributed by atoms with Crippen molar-refractivity contribution in [3.05, 3.63) is 76.8 Å². The zero-order chi connectivity index (χ0) is 20.4. The highest BCUT2D eigenvalue weighted by Gasteiger charge is 2.17. The summed E-state index contributed by atoms with van der Waals surface area (Å²) < 4.78 is 7.26. The van der Waals surface area contributed by atoms with Crippen LogP contribution >= 0.6 is 68.4 Å². The van der Waals surface area contributed by atoms with Gasteiger partial charge in [0.1, 0.15) is 17.2 Å². The Morgan fingerprint density at radius 1 is 1.07 bits per heavy atom. The fraction of sp³-hybridized carbons (Fsp3) is 0.0500. The first-order valence-electron chi connectivity index (χ1n) is 7.97. The van der Waals surface area contributed by atoms with E-state index < -0.39 is 5.91 Å². The van der Waals surface area contributed by atoms with Crippen molar-refractivity contribution in [2.45, 2.75) is 6.92 Å². The number of halogens is 4. The van der Waals surface area contributed by atoms with Crippen molar-refractivity contribution < 1.29 is 14.6 Å². The Balaban J connectivity index is 1.85. The van der Waals surface area contributed by atoms with E-state index in [0.717, 1.165) is 9.13 Å². The van der Waals surface area contributed by atoms with Crippen molar-refractivity contribution in [1.82, 2.24) is 0 Å². The van der Waals surface area contributed by atoms with E-state index in [9.17, 15) is 9.90 Å². The van der Waals surface area contributed by atoms with E-state index in [-0.39, 0.29) is 11.3 Å². The molecule has 1 amide bonds. The Kier molecular flexibility index (Phi) is 6.95. The lowest BCUT2D eigenvalue weighted by molar-refractivity contribution is 0.102. The molecule has 0 aliphatic rings. The number of benzene rings is 3. The molecule has 0 fully saturated rings. The highest BCUT2D eigenvalue weighted by Crippen LogP contribution is 2.35. The first kappa shape index (κ1) is 21.5. The molecule has 0 atom stereocenters. The SMILES string of the molecule is Cc1cc(Oc2ccc(Cl)cc2)c(Cl)cc1NC(=O)c1cc(I)cc(I)c1O. The average Bonchev–Trinajstić information content (AvgIpc) is 2.64. The maximum atomic E-state index is 12.6. The molecule has 0 saturated heterocycles. The van der Waals surface area contributed by atoms with Crippen LogP contribution in [0.2, 0.25) is 10.0 Å². The Hall–Kier alpha value is -1.23. The number of phenols is 1. The molecular weight excluding hydrogens is 627 g/mol. The number of hydrogen-bond acceptors (Lipinski definition) is 3. The van der Waals surface area contributed by atoms with Crippen LogP contribution < -0.4 is 10.1 Å². The Morgan fingerprint density at radius 2 is 1.75 bits per heavy atom. The van der Waals surface area contributed by atoms with Gasteiger partial charge in [0, 0.05) is 14.3 Å². The normalized spacial score (nSPS) is 10.6. The number of rotatable bonds is 4. The molecule has 144 valence electrons. The zero-order valence-electron chi connectivity index (χ0n) is 14.4. The highest BCUT2D eigenvalue weighted by atomic mass is 127. The predicted octanol–water partition coefficient (Wildman–Crippen LogP) is 7.26. The Labute approximate surface area is 199 Å². The van der Waals surface area contributed by atoms with E-state index in [2.05, 4.69) is 27.9 Å². The van der Waals surface area contributed by atoms with E-state index in [0.29, 0.717) is 30.8 Å². The maximum absolute atomic E-state index is 12.6. The molecular formula is C20H13Cl2I2NO3. The van der Waals surface area contributed by atoms with Crippen molar-refractivity contribution in [3.8, 4) is 17.2 Å². The van der Waals surface area contributed by atoms with Crippen LogP contribution in [0, 0.1) is 14.1 Å². The third-order valence-corrected chi connectivity index (χ3v) is 5.83. The van der Waals surface area contributed by atoms with Crippen LogP contribution in [-0.2, 0) is 0 Å². The van der Waals surface area contributed by atoms with Gasteiger partial charge in [-0.25, -0.2) is 0 Å². The minimum Gasteiger partial charge on any atom is -0.506 e. The van der Waals surface area contributed by atoms with Crippen LogP contribution in [0.1, 0.15) is 15.9 Å². The predicted molar refractivity (Wildman–Crippen MR) is 129 cm³/mol.